The Hall–Kier alpha value is -0.0400. The van der Waals surface area contributed by atoms with Crippen molar-refractivity contribution in [2.24, 2.45) is 5.92 Å². The van der Waals surface area contributed by atoms with Crippen molar-refractivity contribution in [2.75, 3.05) is 17.6 Å². The highest BCUT2D eigenvalue weighted by Gasteiger charge is 2.35. The van der Waals surface area contributed by atoms with Crippen LogP contribution in [0.4, 0.5) is 4.79 Å². The first-order chi connectivity index (χ1) is 8.39. The van der Waals surface area contributed by atoms with Crippen molar-refractivity contribution in [2.45, 2.75) is 51.7 Å². The Bertz CT molecular complexity index is 278. The summed E-state index contributed by atoms with van der Waals surface area (Å²) in [6, 6.07) is 0.121. The van der Waals surface area contributed by atoms with Gasteiger partial charge in [-0.1, -0.05) is 22.6 Å². The highest BCUT2D eigenvalue weighted by atomic mass is 127. The molecular formula is C13H24INO3. The third-order valence-corrected chi connectivity index (χ3v) is 3.81. The molecule has 0 saturated carbocycles. The fourth-order valence-electron chi connectivity index (χ4n) is 2.40. The summed E-state index contributed by atoms with van der Waals surface area (Å²) in [6.45, 7) is 6.54. The lowest BCUT2D eigenvalue weighted by atomic mass is 9.88. The van der Waals surface area contributed by atoms with E-state index in [2.05, 4.69) is 22.6 Å². The van der Waals surface area contributed by atoms with Gasteiger partial charge in [-0.3, -0.25) is 0 Å². The molecule has 1 heterocycles. The summed E-state index contributed by atoms with van der Waals surface area (Å²) in [6.07, 6.45) is 2.63. The number of aliphatic hydroxyl groups is 1. The quantitative estimate of drug-likeness (QED) is 0.615. The molecular weight excluding hydrogens is 345 g/mol. The molecule has 106 valence electrons. The summed E-state index contributed by atoms with van der Waals surface area (Å²) >= 11 is 2.32. The molecule has 1 aliphatic rings. The molecule has 4 nitrogen and oxygen atoms in total. The molecule has 1 saturated heterocycles. The molecule has 1 rings (SSSR count). The van der Waals surface area contributed by atoms with Crippen LogP contribution < -0.4 is 0 Å². The molecule has 0 radical (unpaired) electrons. The lowest BCUT2D eigenvalue weighted by molar-refractivity contribution is -0.00687. The first kappa shape index (κ1) is 16.0. The Labute approximate surface area is 123 Å². The maximum Gasteiger partial charge on any atom is 0.410 e. The predicted molar refractivity (Wildman–Crippen MR) is 80.0 cm³/mol. The minimum atomic E-state index is -0.460. The fraction of sp³-hybridized carbons (Fsp3) is 0.923. The van der Waals surface area contributed by atoms with E-state index in [1.165, 1.54) is 0 Å². The van der Waals surface area contributed by atoms with Gasteiger partial charge in [0.05, 0.1) is 0 Å². The maximum atomic E-state index is 12.2. The Balaban J connectivity index is 2.73. The SMILES string of the molecule is CC(C)(C)OC(=O)N1CCCC(CO)C1CCI. The molecule has 1 aliphatic heterocycles. The van der Waals surface area contributed by atoms with E-state index in [0.717, 1.165) is 30.2 Å². The van der Waals surface area contributed by atoms with Gasteiger partial charge in [0.2, 0.25) is 0 Å². The van der Waals surface area contributed by atoms with Gasteiger partial charge in [-0.05, 0) is 40.0 Å². The minimum Gasteiger partial charge on any atom is -0.444 e. The zero-order valence-corrected chi connectivity index (χ0v) is 13.6. The number of nitrogens with zero attached hydrogens (tertiary/aromatic N) is 1. The standard InChI is InChI=1S/C13H24INO3/c1-13(2,3)18-12(17)15-8-4-5-10(9-16)11(15)6-7-14/h10-11,16H,4-9H2,1-3H3. The van der Waals surface area contributed by atoms with Crippen LogP contribution in [0.25, 0.3) is 0 Å². The third kappa shape index (κ3) is 4.57. The van der Waals surface area contributed by atoms with Crippen LogP contribution >= 0.6 is 22.6 Å². The Morgan fingerprint density at radius 3 is 2.67 bits per heavy atom. The lowest BCUT2D eigenvalue weighted by Gasteiger charge is -2.41. The Kier molecular flexibility index (Phi) is 6.17. The van der Waals surface area contributed by atoms with Gasteiger partial charge in [0.15, 0.2) is 0 Å². The smallest absolute Gasteiger partial charge is 0.410 e. The number of carbonyl (C=O) groups is 1. The van der Waals surface area contributed by atoms with Crippen LogP contribution in [0.3, 0.4) is 0 Å². The van der Waals surface area contributed by atoms with E-state index in [-0.39, 0.29) is 24.7 Å². The molecule has 2 atom stereocenters. The number of alkyl halides is 1. The van der Waals surface area contributed by atoms with E-state index in [4.69, 9.17) is 4.74 Å². The molecule has 0 aliphatic carbocycles. The van der Waals surface area contributed by atoms with E-state index in [1.54, 1.807) is 0 Å². The first-order valence-corrected chi connectivity index (χ1v) is 8.08. The van der Waals surface area contributed by atoms with Gasteiger partial charge in [-0.25, -0.2) is 4.79 Å². The summed E-state index contributed by atoms with van der Waals surface area (Å²) in [4.78, 5) is 14.0. The van der Waals surface area contributed by atoms with Gasteiger partial charge >= 0.3 is 6.09 Å². The molecule has 1 fully saturated rings. The Morgan fingerprint density at radius 2 is 2.17 bits per heavy atom. The maximum absolute atomic E-state index is 12.2. The molecule has 2 unspecified atom stereocenters. The Morgan fingerprint density at radius 1 is 1.50 bits per heavy atom. The van der Waals surface area contributed by atoms with Gasteiger partial charge in [0.1, 0.15) is 5.60 Å². The van der Waals surface area contributed by atoms with Crippen molar-refractivity contribution >= 4 is 28.7 Å². The monoisotopic (exact) mass is 369 g/mol. The first-order valence-electron chi connectivity index (χ1n) is 6.55. The van der Waals surface area contributed by atoms with Crippen LogP contribution in [0, 0.1) is 5.92 Å². The molecule has 18 heavy (non-hydrogen) atoms. The molecule has 1 N–H and O–H groups in total. The van der Waals surface area contributed by atoms with E-state index < -0.39 is 5.60 Å². The molecule has 0 spiro atoms. The van der Waals surface area contributed by atoms with Crippen molar-refractivity contribution in [1.82, 2.24) is 4.90 Å². The van der Waals surface area contributed by atoms with Crippen LogP contribution in [-0.4, -0.2) is 45.3 Å². The summed E-state index contributed by atoms with van der Waals surface area (Å²) < 4.78 is 6.43. The summed E-state index contributed by atoms with van der Waals surface area (Å²) in [5.74, 6) is 0.195. The predicted octanol–water partition coefficient (Wildman–Crippen LogP) is 2.82. The molecule has 0 bridgehead atoms. The second-order valence-electron chi connectivity index (χ2n) is 5.80. The lowest BCUT2D eigenvalue weighted by Crippen LogP contribution is -2.51. The molecule has 1 amide bonds. The van der Waals surface area contributed by atoms with Gasteiger partial charge in [-0.15, -0.1) is 0 Å². The number of carbonyl (C=O) groups excluding carboxylic acids is 1. The van der Waals surface area contributed by atoms with Crippen molar-refractivity contribution in [3.63, 3.8) is 0 Å². The van der Waals surface area contributed by atoms with Crippen molar-refractivity contribution in [1.29, 1.82) is 0 Å². The number of piperidine rings is 1. The minimum absolute atomic E-state index is 0.121. The van der Waals surface area contributed by atoms with Crippen LogP contribution in [0.5, 0.6) is 0 Å². The summed E-state index contributed by atoms with van der Waals surface area (Å²) in [5.41, 5.74) is -0.460. The zero-order valence-electron chi connectivity index (χ0n) is 11.5. The summed E-state index contributed by atoms with van der Waals surface area (Å²) in [7, 11) is 0. The fourth-order valence-corrected chi connectivity index (χ4v) is 3.04. The van der Waals surface area contributed by atoms with E-state index in [9.17, 15) is 9.90 Å². The number of halogens is 1. The van der Waals surface area contributed by atoms with Gasteiger partial charge < -0.3 is 14.7 Å². The van der Waals surface area contributed by atoms with Crippen LogP contribution in [0.2, 0.25) is 0 Å². The van der Waals surface area contributed by atoms with Crippen LogP contribution in [-0.2, 0) is 4.74 Å². The second kappa shape index (κ2) is 6.93. The van der Waals surface area contributed by atoms with E-state index >= 15 is 0 Å². The highest BCUT2D eigenvalue weighted by molar-refractivity contribution is 14.1. The topological polar surface area (TPSA) is 49.8 Å². The number of aliphatic hydroxyl groups excluding tert-OH is 1. The molecule has 5 heteroatoms. The molecule has 0 aromatic rings. The average Bonchev–Trinajstić information content (AvgIpc) is 2.27. The molecule has 0 aromatic carbocycles. The van der Waals surface area contributed by atoms with Gasteiger partial charge in [-0.2, -0.15) is 0 Å². The number of hydrogen-bond donors (Lipinski definition) is 1. The van der Waals surface area contributed by atoms with Crippen LogP contribution in [0.15, 0.2) is 0 Å². The van der Waals surface area contributed by atoms with E-state index in [1.807, 2.05) is 25.7 Å². The van der Waals surface area contributed by atoms with Gasteiger partial charge in [0.25, 0.3) is 0 Å². The summed E-state index contributed by atoms with van der Waals surface area (Å²) in [5, 5.41) is 9.44. The number of ether oxygens (including phenoxy) is 1. The average molecular weight is 369 g/mol. The van der Waals surface area contributed by atoms with Crippen molar-refractivity contribution < 1.29 is 14.6 Å². The number of hydrogen-bond acceptors (Lipinski definition) is 3. The highest BCUT2D eigenvalue weighted by Crippen LogP contribution is 2.27. The largest absolute Gasteiger partial charge is 0.444 e. The zero-order chi connectivity index (χ0) is 13.8. The number of likely N-dealkylation sites (tertiary alicyclic amines) is 1. The van der Waals surface area contributed by atoms with Gasteiger partial charge in [0, 0.05) is 29.5 Å². The van der Waals surface area contributed by atoms with Crippen molar-refractivity contribution in [3.05, 3.63) is 0 Å². The molecule has 0 aromatic heterocycles. The van der Waals surface area contributed by atoms with E-state index in [0.29, 0.717) is 0 Å². The number of rotatable bonds is 3. The third-order valence-electron chi connectivity index (χ3n) is 3.19. The van der Waals surface area contributed by atoms with Crippen molar-refractivity contribution in [3.8, 4) is 0 Å². The normalized spacial score (nSPS) is 25.1. The number of amides is 1. The second-order valence-corrected chi connectivity index (χ2v) is 6.88. The van der Waals surface area contributed by atoms with Crippen LogP contribution in [0.1, 0.15) is 40.0 Å².